The minimum absolute atomic E-state index is 0.240. The molecule has 2 aromatic rings. The lowest BCUT2D eigenvalue weighted by atomic mass is 10.1. The Morgan fingerprint density at radius 1 is 1.07 bits per heavy atom. The summed E-state index contributed by atoms with van der Waals surface area (Å²) in [5.41, 5.74) is 3.58. The molecule has 0 radical (unpaired) electrons. The summed E-state index contributed by atoms with van der Waals surface area (Å²) in [5, 5.41) is 13.6. The van der Waals surface area contributed by atoms with Gasteiger partial charge in [0.1, 0.15) is 5.40 Å². The van der Waals surface area contributed by atoms with E-state index in [1.54, 1.807) is 11.8 Å². The Morgan fingerprint density at radius 3 is 2.32 bits per heavy atom. The molecule has 0 aliphatic carbocycles. The van der Waals surface area contributed by atoms with Crippen LogP contribution in [0.4, 0.5) is 5.69 Å². The van der Waals surface area contributed by atoms with Gasteiger partial charge in [-0.15, -0.1) is 11.8 Å². The van der Waals surface area contributed by atoms with Gasteiger partial charge in [-0.1, -0.05) is 17.7 Å². The molecule has 0 saturated carbocycles. The lowest BCUT2D eigenvalue weighted by Crippen LogP contribution is -2.22. The van der Waals surface area contributed by atoms with Crippen molar-refractivity contribution in [2.75, 3.05) is 17.7 Å². The van der Waals surface area contributed by atoms with Crippen LogP contribution >= 0.6 is 23.5 Å². The third kappa shape index (κ3) is 6.95. The topological polar surface area (TPSA) is 79.2 Å². The zero-order chi connectivity index (χ0) is 20.5. The van der Waals surface area contributed by atoms with Gasteiger partial charge in [0.25, 0.3) is 5.91 Å². The van der Waals surface area contributed by atoms with Gasteiger partial charge in [-0.2, -0.15) is 5.26 Å². The number of carbonyl (C=O) groups is 2. The smallest absolute Gasteiger partial charge is 0.307 e. The monoisotopic (exact) mass is 414 g/mol. The zero-order valence-corrected chi connectivity index (χ0v) is 17.7. The van der Waals surface area contributed by atoms with Crippen LogP contribution in [0.25, 0.3) is 0 Å². The maximum absolute atomic E-state index is 12.1. The number of esters is 1. The summed E-state index contributed by atoms with van der Waals surface area (Å²) >= 11 is 2.65. The number of hydrogen-bond acceptors (Lipinski definition) is 6. The Balaban J connectivity index is 1.76. The fourth-order valence-corrected chi connectivity index (χ4v) is 3.92. The fourth-order valence-electron chi connectivity index (χ4n) is 2.51. The first-order valence-corrected chi connectivity index (χ1v) is 10.5. The first kappa shape index (κ1) is 21.9. The summed E-state index contributed by atoms with van der Waals surface area (Å²) in [5.74, 6) is -0.185. The number of carbonyl (C=O) groups excluding carboxylic acids is 2. The molecule has 146 valence electrons. The minimum atomic E-state index is -0.399. The van der Waals surface area contributed by atoms with Crippen LogP contribution in [0.15, 0.2) is 46.2 Å². The fraction of sp³-hybridized carbons (Fsp3) is 0.286. The second-order valence-corrected chi connectivity index (χ2v) is 8.27. The molecule has 0 heterocycles. The number of ether oxygens (including phenoxy) is 1. The van der Waals surface area contributed by atoms with Crippen LogP contribution in [0.1, 0.15) is 23.1 Å². The molecule has 7 heteroatoms. The third-order valence-electron chi connectivity index (χ3n) is 3.89. The van der Waals surface area contributed by atoms with Gasteiger partial charge in [0.2, 0.25) is 0 Å². The predicted octanol–water partition coefficient (Wildman–Crippen LogP) is 4.85. The van der Waals surface area contributed by atoms with E-state index in [0.29, 0.717) is 11.4 Å². The predicted molar refractivity (Wildman–Crippen MR) is 113 cm³/mol. The summed E-state index contributed by atoms with van der Waals surface area (Å²) in [4.78, 5) is 25.9. The molecule has 2 rings (SSSR count). The Kier molecular flexibility index (Phi) is 8.42. The molecule has 0 spiro atoms. The average molecular weight is 415 g/mol. The molecule has 0 fully saturated rings. The number of nitrogens with zero attached hydrogens (tertiary/aromatic N) is 1. The van der Waals surface area contributed by atoms with Gasteiger partial charge in [-0.3, -0.25) is 9.59 Å². The van der Waals surface area contributed by atoms with Crippen LogP contribution in [-0.2, 0) is 14.3 Å². The molecule has 28 heavy (non-hydrogen) atoms. The quantitative estimate of drug-likeness (QED) is 0.378. The number of thioether (sulfide) groups is 2. The molecule has 0 aromatic heterocycles. The first-order chi connectivity index (χ1) is 13.4. The van der Waals surface area contributed by atoms with Gasteiger partial charge >= 0.3 is 5.97 Å². The number of anilines is 1. The van der Waals surface area contributed by atoms with E-state index in [0.717, 1.165) is 32.7 Å². The van der Waals surface area contributed by atoms with Crippen LogP contribution in [0.2, 0.25) is 0 Å². The van der Waals surface area contributed by atoms with Crippen LogP contribution in [0, 0.1) is 31.4 Å². The minimum Gasteiger partial charge on any atom is -0.456 e. The maximum Gasteiger partial charge on any atom is 0.307 e. The van der Waals surface area contributed by atoms with Crippen LogP contribution < -0.4 is 5.32 Å². The first-order valence-electron chi connectivity index (χ1n) is 8.71. The standard InChI is InChI=1S/C21H22N2O3S2/c1-14-4-6-17(7-5-14)27-9-8-20(25)26-12-19(24)23-21-15(2)10-18(28-13-22)11-16(21)3/h4-7,10-11H,8-9,12H2,1-3H3,(H,23,24). The molecule has 2 aromatic carbocycles. The van der Waals surface area contributed by atoms with Gasteiger partial charge in [0.15, 0.2) is 6.61 Å². The molecule has 0 aliphatic rings. The summed E-state index contributed by atoms with van der Waals surface area (Å²) in [6.07, 6.45) is 0.240. The Morgan fingerprint density at radius 2 is 1.71 bits per heavy atom. The highest BCUT2D eigenvalue weighted by molar-refractivity contribution is 8.03. The largest absolute Gasteiger partial charge is 0.456 e. The van der Waals surface area contributed by atoms with E-state index in [9.17, 15) is 9.59 Å². The zero-order valence-electron chi connectivity index (χ0n) is 16.1. The van der Waals surface area contributed by atoms with Crippen molar-refractivity contribution in [2.45, 2.75) is 37.0 Å². The summed E-state index contributed by atoms with van der Waals surface area (Å²) in [6.45, 7) is 5.43. The normalized spacial score (nSPS) is 10.2. The third-order valence-corrected chi connectivity index (χ3v) is 5.47. The summed E-state index contributed by atoms with van der Waals surface area (Å²) < 4.78 is 5.06. The van der Waals surface area contributed by atoms with E-state index in [1.165, 1.54) is 5.56 Å². The van der Waals surface area contributed by atoms with Crippen molar-refractivity contribution in [2.24, 2.45) is 0 Å². The van der Waals surface area contributed by atoms with E-state index in [1.807, 2.05) is 62.6 Å². The van der Waals surface area contributed by atoms with Gasteiger partial charge in [-0.25, -0.2) is 0 Å². The molecule has 5 nitrogen and oxygen atoms in total. The van der Waals surface area contributed by atoms with Crippen molar-refractivity contribution >= 4 is 41.1 Å². The maximum atomic E-state index is 12.1. The lowest BCUT2D eigenvalue weighted by Gasteiger charge is -2.13. The molecule has 0 unspecified atom stereocenters. The number of rotatable bonds is 8. The average Bonchev–Trinajstić information content (AvgIpc) is 2.65. The molecule has 0 bridgehead atoms. The molecular weight excluding hydrogens is 392 g/mol. The number of hydrogen-bond donors (Lipinski definition) is 1. The molecule has 1 amide bonds. The van der Waals surface area contributed by atoms with E-state index < -0.39 is 5.97 Å². The van der Waals surface area contributed by atoms with E-state index >= 15 is 0 Å². The van der Waals surface area contributed by atoms with Gasteiger partial charge < -0.3 is 10.1 Å². The van der Waals surface area contributed by atoms with Crippen molar-refractivity contribution in [3.63, 3.8) is 0 Å². The van der Waals surface area contributed by atoms with Crippen LogP contribution in [0.3, 0.4) is 0 Å². The van der Waals surface area contributed by atoms with Gasteiger partial charge in [-0.05, 0) is 67.9 Å². The van der Waals surface area contributed by atoms with E-state index in [2.05, 4.69) is 5.32 Å². The number of benzene rings is 2. The van der Waals surface area contributed by atoms with Gasteiger partial charge in [0, 0.05) is 21.2 Å². The highest BCUT2D eigenvalue weighted by atomic mass is 32.2. The molecule has 0 saturated heterocycles. The molecular formula is C21H22N2O3S2. The molecule has 0 atom stereocenters. The Hall–Kier alpha value is -2.43. The van der Waals surface area contributed by atoms with Crippen LogP contribution in [0.5, 0.6) is 0 Å². The molecule has 1 N–H and O–H groups in total. The number of amides is 1. The van der Waals surface area contributed by atoms with Gasteiger partial charge in [0.05, 0.1) is 6.42 Å². The second kappa shape index (κ2) is 10.8. The Bertz CT molecular complexity index is 867. The van der Waals surface area contributed by atoms with Crippen LogP contribution in [-0.4, -0.2) is 24.2 Å². The number of aryl methyl sites for hydroxylation is 3. The van der Waals surface area contributed by atoms with Crippen molar-refractivity contribution in [3.05, 3.63) is 53.1 Å². The number of thiocyanates is 1. The van der Waals surface area contributed by atoms with Crippen molar-refractivity contribution in [3.8, 4) is 5.40 Å². The van der Waals surface area contributed by atoms with E-state index in [4.69, 9.17) is 10.00 Å². The van der Waals surface area contributed by atoms with E-state index in [-0.39, 0.29) is 18.9 Å². The number of nitriles is 1. The second-order valence-electron chi connectivity index (χ2n) is 6.25. The highest BCUT2D eigenvalue weighted by Gasteiger charge is 2.12. The summed E-state index contributed by atoms with van der Waals surface area (Å²) in [6, 6.07) is 11.8. The van der Waals surface area contributed by atoms with Crippen molar-refractivity contribution in [1.82, 2.24) is 0 Å². The number of nitrogens with one attached hydrogen (secondary N) is 1. The summed E-state index contributed by atoms with van der Waals surface area (Å²) in [7, 11) is 0. The Labute approximate surface area is 173 Å². The lowest BCUT2D eigenvalue weighted by molar-refractivity contribution is -0.146. The van der Waals surface area contributed by atoms with Crippen molar-refractivity contribution < 1.29 is 14.3 Å². The van der Waals surface area contributed by atoms with Crippen molar-refractivity contribution in [1.29, 1.82) is 5.26 Å². The highest BCUT2D eigenvalue weighted by Crippen LogP contribution is 2.27. The SMILES string of the molecule is Cc1ccc(SCCC(=O)OCC(=O)Nc2c(C)cc(SC#N)cc2C)cc1. The molecule has 0 aliphatic heterocycles.